The quantitative estimate of drug-likeness (QED) is 0.339. The lowest BCUT2D eigenvalue weighted by Crippen LogP contribution is -2.36. The van der Waals surface area contributed by atoms with E-state index in [4.69, 9.17) is 9.47 Å². The minimum absolute atomic E-state index is 0. The zero-order chi connectivity index (χ0) is 19.7. The number of hydrogen-bond donors (Lipinski definition) is 2. The molecule has 1 aromatic heterocycles. The van der Waals surface area contributed by atoms with Crippen molar-refractivity contribution in [1.82, 2.24) is 15.6 Å². The first-order valence-corrected chi connectivity index (χ1v) is 8.12. The third kappa shape index (κ3) is 8.19. The normalized spacial score (nSPS) is 11.4. The van der Waals surface area contributed by atoms with Crippen molar-refractivity contribution in [1.29, 1.82) is 0 Å². The van der Waals surface area contributed by atoms with Gasteiger partial charge in [-0.1, -0.05) is 12.1 Å². The van der Waals surface area contributed by atoms with Gasteiger partial charge in [0.2, 0.25) is 0 Å². The van der Waals surface area contributed by atoms with Crippen LogP contribution >= 0.6 is 24.0 Å². The van der Waals surface area contributed by atoms with Gasteiger partial charge in [0.1, 0.15) is 0 Å². The van der Waals surface area contributed by atoms with Crippen LogP contribution in [0.1, 0.15) is 11.3 Å². The molecule has 0 bridgehead atoms. The first-order chi connectivity index (χ1) is 12.9. The molecule has 0 aliphatic carbocycles. The number of pyridine rings is 1. The lowest BCUT2D eigenvalue weighted by molar-refractivity contribution is -0.153. The maximum Gasteiger partial charge on any atom is 0.422 e. The van der Waals surface area contributed by atoms with Gasteiger partial charge in [0.05, 0.1) is 19.3 Å². The van der Waals surface area contributed by atoms with Crippen molar-refractivity contribution in [3.05, 3.63) is 53.9 Å². The molecule has 10 heteroatoms. The Bertz CT molecular complexity index is 758. The van der Waals surface area contributed by atoms with Crippen LogP contribution in [0.5, 0.6) is 11.5 Å². The Balaban J connectivity index is 0.00000392. The highest BCUT2D eigenvalue weighted by Gasteiger charge is 2.29. The fourth-order valence-corrected chi connectivity index (χ4v) is 2.18. The van der Waals surface area contributed by atoms with Crippen LogP contribution in [0, 0.1) is 0 Å². The second-order valence-electron chi connectivity index (χ2n) is 5.49. The maximum atomic E-state index is 12.3. The topological polar surface area (TPSA) is 67.8 Å². The summed E-state index contributed by atoms with van der Waals surface area (Å²) in [5, 5.41) is 6.25. The fourth-order valence-electron chi connectivity index (χ4n) is 2.18. The van der Waals surface area contributed by atoms with Gasteiger partial charge in [0.25, 0.3) is 0 Å². The number of benzene rings is 1. The van der Waals surface area contributed by atoms with Crippen molar-refractivity contribution in [2.45, 2.75) is 19.3 Å². The molecule has 0 amide bonds. The van der Waals surface area contributed by atoms with Crippen molar-refractivity contribution in [2.75, 3.05) is 20.8 Å². The van der Waals surface area contributed by atoms with Crippen LogP contribution in [-0.2, 0) is 13.1 Å². The molecule has 2 aromatic rings. The molecule has 1 heterocycles. The summed E-state index contributed by atoms with van der Waals surface area (Å²) in [6.45, 7) is -0.461. The molecule has 0 saturated heterocycles. The monoisotopic (exact) mass is 510 g/mol. The third-order valence-electron chi connectivity index (χ3n) is 3.47. The van der Waals surface area contributed by atoms with E-state index in [0.717, 1.165) is 11.3 Å². The minimum atomic E-state index is -4.41. The summed E-state index contributed by atoms with van der Waals surface area (Å²) >= 11 is 0. The number of methoxy groups -OCH3 is 1. The second-order valence-corrected chi connectivity index (χ2v) is 5.49. The van der Waals surface area contributed by atoms with E-state index in [-0.39, 0.29) is 35.5 Å². The van der Waals surface area contributed by atoms with Crippen LogP contribution in [0.3, 0.4) is 0 Å². The van der Waals surface area contributed by atoms with E-state index < -0.39 is 12.8 Å². The van der Waals surface area contributed by atoms with E-state index in [1.54, 1.807) is 25.4 Å². The first-order valence-electron chi connectivity index (χ1n) is 8.12. The Morgan fingerprint density at radius 3 is 2.46 bits per heavy atom. The van der Waals surface area contributed by atoms with Crippen molar-refractivity contribution < 1.29 is 22.6 Å². The molecule has 2 rings (SSSR count). The predicted molar refractivity (Wildman–Crippen MR) is 111 cm³/mol. The minimum Gasteiger partial charge on any atom is -0.493 e. The Hall–Kier alpha value is -2.24. The van der Waals surface area contributed by atoms with Gasteiger partial charge in [-0.05, 0) is 29.8 Å². The summed E-state index contributed by atoms with van der Waals surface area (Å²) in [5.41, 5.74) is 1.67. The molecule has 0 unspecified atom stereocenters. The van der Waals surface area contributed by atoms with Gasteiger partial charge in [-0.15, -0.1) is 24.0 Å². The van der Waals surface area contributed by atoms with E-state index in [1.165, 1.54) is 13.2 Å². The first kappa shape index (κ1) is 23.8. The molecular weight excluding hydrogens is 488 g/mol. The molecule has 0 aliphatic heterocycles. The van der Waals surface area contributed by atoms with Crippen LogP contribution in [0.2, 0.25) is 0 Å². The van der Waals surface area contributed by atoms with E-state index >= 15 is 0 Å². The van der Waals surface area contributed by atoms with E-state index in [2.05, 4.69) is 20.6 Å². The van der Waals surface area contributed by atoms with Gasteiger partial charge in [-0.25, -0.2) is 0 Å². The van der Waals surface area contributed by atoms with Gasteiger partial charge >= 0.3 is 6.18 Å². The Labute approximate surface area is 178 Å². The highest BCUT2D eigenvalue weighted by molar-refractivity contribution is 14.0. The van der Waals surface area contributed by atoms with Gasteiger partial charge < -0.3 is 20.1 Å². The lowest BCUT2D eigenvalue weighted by atomic mass is 10.2. The lowest BCUT2D eigenvalue weighted by Gasteiger charge is -2.15. The van der Waals surface area contributed by atoms with Gasteiger partial charge in [-0.2, -0.15) is 13.2 Å². The molecule has 0 aliphatic rings. The van der Waals surface area contributed by atoms with E-state index in [9.17, 15) is 13.2 Å². The van der Waals surface area contributed by atoms with Crippen molar-refractivity contribution in [3.8, 4) is 11.5 Å². The molecule has 0 radical (unpaired) electrons. The van der Waals surface area contributed by atoms with Crippen LogP contribution < -0.4 is 20.1 Å². The van der Waals surface area contributed by atoms with Crippen LogP contribution in [0.15, 0.2) is 47.6 Å². The van der Waals surface area contributed by atoms with E-state index in [1.807, 2.05) is 18.2 Å². The molecule has 154 valence electrons. The summed E-state index contributed by atoms with van der Waals surface area (Å²) in [5.74, 6) is 0.836. The molecular formula is C18H22F3IN4O2. The highest BCUT2D eigenvalue weighted by Crippen LogP contribution is 2.29. The van der Waals surface area contributed by atoms with Crippen molar-refractivity contribution >= 4 is 29.9 Å². The standard InChI is InChI=1S/C18H21F3N4O2.HI/c1-22-17(25-11-14-5-3-4-8-23-14)24-10-13-6-7-15(16(9-13)26-2)27-12-18(19,20)21;/h3-9H,10-12H2,1-2H3,(H2,22,24,25);1H. The number of aliphatic imine (C=N–C) groups is 1. The molecule has 0 fully saturated rings. The number of nitrogens with one attached hydrogen (secondary N) is 2. The maximum absolute atomic E-state index is 12.3. The number of ether oxygens (including phenoxy) is 2. The van der Waals surface area contributed by atoms with Gasteiger partial charge in [0.15, 0.2) is 24.1 Å². The molecule has 28 heavy (non-hydrogen) atoms. The summed E-state index contributed by atoms with van der Waals surface area (Å²) < 4.78 is 46.8. The Kier molecular flexibility index (Phi) is 9.83. The number of hydrogen-bond acceptors (Lipinski definition) is 4. The fraction of sp³-hybridized carbons (Fsp3) is 0.333. The second kappa shape index (κ2) is 11.6. The Morgan fingerprint density at radius 2 is 1.86 bits per heavy atom. The Morgan fingerprint density at radius 1 is 1.11 bits per heavy atom. The van der Waals surface area contributed by atoms with Crippen molar-refractivity contribution in [3.63, 3.8) is 0 Å². The summed E-state index contributed by atoms with van der Waals surface area (Å²) in [7, 11) is 3.02. The number of halogens is 4. The van der Waals surface area contributed by atoms with Gasteiger partial charge in [-0.3, -0.25) is 9.98 Å². The average molecular weight is 510 g/mol. The molecule has 0 spiro atoms. The van der Waals surface area contributed by atoms with Crippen LogP contribution in [0.25, 0.3) is 0 Å². The van der Waals surface area contributed by atoms with Crippen molar-refractivity contribution in [2.24, 2.45) is 4.99 Å². The van der Waals surface area contributed by atoms with Gasteiger partial charge in [0, 0.05) is 19.8 Å². The molecule has 2 N–H and O–H groups in total. The highest BCUT2D eigenvalue weighted by atomic mass is 127. The molecule has 0 atom stereocenters. The largest absolute Gasteiger partial charge is 0.493 e. The zero-order valence-electron chi connectivity index (χ0n) is 15.4. The molecule has 0 saturated carbocycles. The molecule has 1 aromatic carbocycles. The average Bonchev–Trinajstić information content (AvgIpc) is 2.67. The number of nitrogens with zero attached hydrogens (tertiary/aromatic N) is 2. The summed E-state index contributed by atoms with van der Waals surface area (Å²) in [6, 6.07) is 10.4. The smallest absolute Gasteiger partial charge is 0.422 e. The summed E-state index contributed by atoms with van der Waals surface area (Å²) in [4.78, 5) is 8.34. The number of rotatable bonds is 7. The third-order valence-corrected chi connectivity index (χ3v) is 3.47. The number of alkyl halides is 3. The zero-order valence-corrected chi connectivity index (χ0v) is 17.7. The summed E-state index contributed by atoms with van der Waals surface area (Å²) in [6.07, 6.45) is -2.70. The number of guanidine groups is 1. The van der Waals surface area contributed by atoms with E-state index in [0.29, 0.717) is 19.0 Å². The molecule has 6 nitrogen and oxygen atoms in total. The van der Waals surface area contributed by atoms with Crippen LogP contribution in [0.4, 0.5) is 13.2 Å². The number of aromatic nitrogens is 1. The SMILES string of the molecule is CN=C(NCc1ccc(OCC(F)(F)F)c(OC)c1)NCc1ccccn1.I. The van der Waals surface area contributed by atoms with Crippen LogP contribution in [-0.4, -0.2) is 37.9 Å². The predicted octanol–water partition coefficient (Wildman–Crippen LogP) is 3.51.